The van der Waals surface area contributed by atoms with Gasteiger partial charge in [-0.05, 0) is 25.5 Å². The number of carbonyl (C=O) groups is 1. The highest BCUT2D eigenvalue weighted by Gasteiger charge is 2.20. The SMILES string of the molecule is CCOc1nc2nc(C)c(C(N)=O)cc2c(-c2ccccc2)c1C#N. The van der Waals surface area contributed by atoms with Crippen molar-refractivity contribution in [3.63, 3.8) is 0 Å². The average molecular weight is 332 g/mol. The van der Waals surface area contributed by atoms with Gasteiger partial charge < -0.3 is 10.5 Å². The molecule has 0 aliphatic carbocycles. The molecule has 3 rings (SSSR count). The van der Waals surface area contributed by atoms with Crippen LogP contribution in [-0.2, 0) is 0 Å². The molecular formula is C19H16N4O2. The quantitative estimate of drug-likeness (QED) is 0.791. The monoisotopic (exact) mass is 332 g/mol. The number of carbonyl (C=O) groups excluding carboxylic acids is 1. The molecule has 0 fully saturated rings. The van der Waals surface area contributed by atoms with E-state index in [4.69, 9.17) is 10.5 Å². The molecule has 0 atom stereocenters. The predicted octanol–water partition coefficient (Wildman–Crippen LogP) is 2.97. The molecule has 0 saturated carbocycles. The van der Waals surface area contributed by atoms with Crippen LogP contribution < -0.4 is 10.5 Å². The van der Waals surface area contributed by atoms with Gasteiger partial charge in [0, 0.05) is 10.9 Å². The molecular weight excluding hydrogens is 316 g/mol. The molecule has 124 valence electrons. The zero-order valence-electron chi connectivity index (χ0n) is 13.9. The van der Waals surface area contributed by atoms with Crippen molar-refractivity contribution in [1.29, 1.82) is 5.26 Å². The number of nitriles is 1. The molecule has 0 bridgehead atoms. The maximum absolute atomic E-state index is 11.7. The molecule has 0 saturated heterocycles. The molecule has 2 heterocycles. The number of hydrogen-bond acceptors (Lipinski definition) is 5. The smallest absolute Gasteiger partial charge is 0.250 e. The van der Waals surface area contributed by atoms with E-state index in [-0.39, 0.29) is 5.88 Å². The summed E-state index contributed by atoms with van der Waals surface area (Å²) in [6.45, 7) is 3.89. The van der Waals surface area contributed by atoms with E-state index >= 15 is 0 Å². The second kappa shape index (κ2) is 6.57. The fourth-order valence-electron chi connectivity index (χ4n) is 2.75. The van der Waals surface area contributed by atoms with Crippen LogP contribution in [0.2, 0.25) is 0 Å². The molecule has 0 aliphatic rings. The first-order valence-electron chi connectivity index (χ1n) is 7.80. The van der Waals surface area contributed by atoms with Gasteiger partial charge in [-0.3, -0.25) is 4.79 Å². The number of nitrogens with two attached hydrogens (primary N) is 1. The number of primary amides is 1. The van der Waals surface area contributed by atoms with Crippen LogP contribution >= 0.6 is 0 Å². The first-order valence-corrected chi connectivity index (χ1v) is 7.80. The Kier molecular flexibility index (Phi) is 4.31. The topological polar surface area (TPSA) is 102 Å². The van der Waals surface area contributed by atoms with Gasteiger partial charge in [0.25, 0.3) is 5.91 Å². The molecule has 6 heteroatoms. The normalized spacial score (nSPS) is 10.4. The molecule has 1 aromatic carbocycles. The number of fused-ring (bicyclic) bond motifs is 1. The summed E-state index contributed by atoms with van der Waals surface area (Å²) >= 11 is 0. The van der Waals surface area contributed by atoms with Gasteiger partial charge in [-0.2, -0.15) is 10.2 Å². The molecule has 0 radical (unpaired) electrons. The van der Waals surface area contributed by atoms with Crippen LogP contribution in [0.3, 0.4) is 0 Å². The van der Waals surface area contributed by atoms with Crippen molar-refractivity contribution < 1.29 is 9.53 Å². The number of pyridine rings is 2. The number of aryl methyl sites for hydroxylation is 1. The largest absolute Gasteiger partial charge is 0.477 e. The molecule has 0 unspecified atom stereocenters. The van der Waals surface area contributed by atoms with E-state index < -0.39 is 5.91 Å². The van der Waals surface area contributed by atoms with E-state index in [0.29, 0.717) is 40.0 Å². The maximum atomic E-state index is 11.7. The fourth-order valence-corrected chi connectivity index (χ4v) is 2.75. The van der Waals surface area contributed by atoms with E-state index in [1.807, 2.05) is 37.3 Å². The summed E-state index contributed by atoms with van der Waals surface area (Å²) in [6.07, 6.45) is 0. The lowest BCUT2D eigenvalue weighted by Crippen LogP contribution is -2.14. The van der Waals surface area contributed by atoms with Gasteiger partial charge in [0.15, 0.2) is 5.65 Å². The van der Waals surface area contributed by atoms with Gasteiger partial charge in [-0.1, -0.05) is 30.3 Å². The fraction of sp³-hybridized carbons (Fsp3) is 0.158. The number of hydrogen-bond donors (Lipinski definition) is 1. The van der Waals surface area contributed by atoms with Crippen molar-refractivity contribution in [3.05, 3.63) is 53.2 Å². The highest BCUT2D eigenvalue weighted by molar-refractivity contribution is 6.02. The van der Waals surface area contributed by atoms with Crippen molar-refractivity contribution in [2.75, 3.05) is 6.61 Å². The Bertz CT molecular complexity index is 1010. The maximum Gasteiger partial charge on any atom is 0.250 e. The van der Waals surface area contributed by atoms with Crippen LogP contribution in [0.1, 0.15) is 28.5 Å². The third-order valence-corrected chi connectivity index (χ3v) is 3.85. The molecule has 6 nitrogen and oxygen atoms in total. The summed E-state index contributed by atoms with van der Waals surface area (Å²) in [5, 5.41) is 10.3. The van der Waals surface area contributed by atoms with Crippen LogP contribution in [0.5, 0.6) is 5.88 Å². The van der Waals surface area contributed by atoms with Gasteiger partial charge in [0.1, 0.15) is 11.6 Å². The number of nitrogens with zero attached hydrogens (tertiary/aromatic N) is 3. The Labute approximate surface area is 144 Å². The standard InChI is InChI=1S/C19H16N4O2/c1-3-25-19-15(10-20)16(12-7-5-4-6-8-12)14-9-13(17(21)24)11(2)22-18(14)23-19/h4-9H,3H2,1-2H3,(H2,21,24). The van der Waals surface area contributed by atoms with Gasteiger partial charge >= 0.3 is 0 Å². The molecule has 3 aromatic rings. The van der Waals surface area contributed by atoms with Crippen LogP contribution in [0.4, 0.5) is 0 Å². The van der Waals surface area contributed by atoms with Gasteiger partial charge in [0.2, 0.25) is 5.88 Å². The Morgan fingerprint density at radius 3 is 2.60 bits per heavy atom. The number of amides is 1. The van der Waals surface area contributed by atoms with Crippen molar-refractivity contribution in [1.82, 2.24) is 9.97 Å². The summed E-state index contributed by atoms with van der Waals surface area (Å²) in [7, 11) is 0. The molecule has 2 N–H and O–H groups in total. The molecule has 2 aromatic heterocycles. The van der Waals surface area contributed by atoms with Crippen LogP contribution in [0.25, 0.3) is 22.2 Å². The summed E-state index contributed by atoms with van der Waals surface area (Å²) in [6, 6.07) is 13.2. The predicted molar refractivity (Wildman–Crippen MR) is 94.1 cm³/mol. The third kappa shape index (κ3) is 2.88. The molecule has 1 amide bonds. The van der Waals surface area contributed by atoms with Crippen molar-refractivity contribution in [3.8, 4) is 23.1 Å². The van der Waals surface area contributed by atoms with E-state index in [1.54, 1.807) is 13.0 Å². The summed E-state index contributed by atoms with van der Waals surface area (Å²) in [5.74, 6) is -0.339. The number of ether oxygens (including phenoxy) is 1. The van der Waals surface area contributed by atoms with Gasteiger partial charge in [-0.25, -0.2) is 4.98 Å². The number of aromatic nitrogens is 2. The molecule has 0 spiro atoms. The van der Waals surface area contributed by atoms with Gasteiger partial charge in [-0.15, -0.1) is 0 Å². The second-order valence-corrected chi connectivity index (χ2v) is 5.43. The highest BCUT2D eigenvalue weighted by Crippen LogP contribution is 2.35. The molecule has 25 heavy (non-hydrogen) atoms. The lowest BCUT2D eigenvalue weighted by atomic mass is 9.96. The first kappa shape index (κ1) is 16.4. The zero-order valence-corrected chi connectivity index (χ0v) is 13.9. The van der Waals surface area contributed by atoms with Crippen molar-refractivity contribution >= 4 is 16.9 Å². The number of benzene rings is 1. The minimum atomic E-state index is -0.571. The minimum Gasteiger partial charge on any atom is -0.477 e. The van der Waals surface area contributed by atoms with E-state index in [1.165, 1.54) is 0 Å². The number of rotatable bonds is 4. The Balaban J connectivity index is 2.48. The minimum absolute atomic E-state index is 0.232. The lowest BCUT2D eigenvalue weighted by molar-refractivity contribution is 0.0999. The van der Waals surface area contributed by atoms with E-state index in [9.17, 15) is 10.1 Å². The third-order valence-electron chi connectivity index (χ3n) is 3.85. The Hall–Kier alpha value is -3.46. The van der Waals surface area contributed by atoms with Crippen LogP contribution in [0, 0.1) is 18.3 Å². The summed E-state index contributed by atoms with van der Waals surface area (Å²) in [5.41, 5.74) is 8.40. The first-order chi connectivity index (χ1) is 12.1. The summed E-state index contributed by atoms with van der Waals surface area (Å²) < 4.78 is 5.55. The van der Waals surface area contributed by atoms with E-state index in [2.05, 4.69) is 16.0 Å². The van der Waals surface area contributed by atoms with E-state index in [0.717, 1.165) is 5.56 Å². The van der Waals surface area contributed by atoms with Gasteiger partial charge in [0.05, 0.1) is 17.9 Å². The van der Waals surface area contributed by atoms with Crippen LogP contribution in [-0.4, -0.2) is 22.5 Å². The second-order valence-electron chi connectivity index (χ2n) is 5.43. The Morgan fingerprint density at radius 1 is 1.28 bits per heavy atom. The average Bonchev–Trinajstić information content (AvgIpc) is 2.60. The van der Waals surface area contributed by atoms with Crippen LogP contribution in [0.15, 0.2) is 36.4 Å². The van der Waals surface area contributed by atoms with Crippen molar-refractivity contribution in [2.45, 2.75) is 13.8 Å². The Morgan fingerprint density at radius 2 is 2.00 bits per heavy atom. The zero-order chi connectivity index (χ0) is 18.0. The van der Waals surface area contributed by atoms with Crippen molar-refractivity contribution in [2.24, 2.45) is 5.73 Å². The molecule has 0 aliphatic heterocycles. The summed E-state index contributed by atoms with van der Waals surface area (Å²) in [4.78, 5) is 20.5. The highest BCUT2D eigenvalue weighted by atomic mass is 16.5. The lowest BCUT2D eigenvalue weighted by Gasteiger charge is -2.14.